The predicted octanol–water partition coefficient (Wildman–Crippen LogP) is 3.24. The molecule has 0 spiro atoms. The van der Waals surface area contributed by atoms with E-state index in [9.17, 15) is 18.8 Å². The number of hydrogen-bond donors (Lipinski definition) is 2. The van der Waals surface area contributed by atoms with Gasteiger partial charge in [0.15, 0.2) is 17.3 Å². The van der Waals surface area contributed by atoms with Crippen LogP contribution in [-0.4, -0.2) is 57.7 Å². The van der Waals surface area contributed by atoms with Crippen molar-refractivity contribution in [2.45, 2.75) is 25.0 Å². The third-order valence-corrected chi connectivity index (χ3v) is 6.26. The van der Waals surface area contributed by atoms with Gasteiger partial charge in [0.1, 0.15) is 11.9 Å². The van der Waals surface area contributed by atoms with Crippen LogP contribution in [0.1, 0.15) is 35.0 Å². The van der Waals surface area contributed by atoms with E-state index in [0.29, 0.717) is 23.7 Å². The van der Waals surface area contributed by atoms with Gasteiger partial charge in [0.25, 0.3) is 5.91 Å². The van der Waals surface area contributed by atoms with Gasteiger partial charge in [0.05, 0.1) is 33.1 Å². The van der Waals surface area contributed by atoms with Crippen LogP contribution in [-0.2, 0) is 14.3 Å². The number of rotatable bonds is 11. The Morgan fingerprint density at radius 1 is 1.05 bits per heavy atom. The van der Waals surface area contributed by atoms with E-state index >= 15 is 0 Å². The maximum atomic E-state index is 14.4. The number of carbonyl (C=O) groups is 3. The van der Waals surface area contributed by atoms with E-state index in [4.69, 9.17) is 18.6 Å². The van der Waals surface area contributed by atoms with Crippen molar-refractivity contribution in [3.8, 4) is 11.5 Å². The van der Waals surface area contributed by atoms with Crippen LogP contribution in [0.15, 0.2) is 65.3 Å². The zero-order valence-electron chi connectivity index (χ0n) is 21.6. The van der Waals surface area contributed by atoms with Crippen LogP contribution in [0, 0.1) is 5.82 Å². The van der Waals surface area contributed by atoms with Gasteiger partial charge in [-0.1, -0.05) is 12.1 Å². The topological polar surface area (TPSA) is 119 Å². The van der Waals surface area contributed by atoms with Crippen LogP contribution in [0.3, 0.4) is 0 Å². The third-order valence-electron chi connectivity index (χ3n) is 6.26. The summed E-state index contributed by atoms with van der Waals surface area (Å²) >= 11 is 0. The van der Waals surface area contributed by atoms with E-state index in [1.165, 1.54) is 44.7 Å². The van der Waals surface area contributed by atoms with Crippen molar-refractivity contribution in [3.05, 3.63) is 78.0 Å². The van der Waals surface area contributed by atoms with Crippen molar-refractivity contribution >= 4 is 23.4 Å². The van der Waals surface area contributed by atoms with E-state index in [1.807, 2.05) is 0 Å². The van der Waals surface area contributed by atoms with Gasteiger partial charge >= 0.3 is 0 Å². The lowest BCUT2D eigenvalue weighted by Gasteiger charge is -2.32. The van der Waals surface area contributed by atoms with Crippen LogP contribution in [0.4, 0.5) is 10.1 Å². The Bertz CT molecular complexity index is 1290. The summed E-state index contributed by atoms with van der Waals surface area (Å²) in [5.74, 6) is -1.61. The Labute approximate surface area is 225 Å². The first-order chi connectivity index (χ1) is 18.9. The highest BCUT2D eigenvalue weighted by Crippen LogP contribution is 2.34. The standard InChI is InChI=1S/C28H30FN3O7/c1-36-22-11-10-18(14-24(22)37-2)26(28(35)30-16-21-8-4-12-38-21)32(20-7-3-6-19(29)15-20)25(33)17-31-27(34)23-9-5-13-39-23/h3,5-7,9-11,13-15,21,26H,4,8,12,16-17H2,1-2H3,(H,30,35)(H,31,34)/t21-,26-/m1/s1. The maximum Gasteiger partial charge on any atom is 0.287 e. The van der Waals surface area contributed by atoms with Gasteiger partial charge in [-0.05, 0) is 60.9 Å². The summed E-state index contributed by atoms with van der Waals surface area (Å²) in [6, 6.07) is 11.9. The molecular weight excluding hydrogens is 509 g/mol. The van der Waals surface area contributed by atoms with Crippen molar-refractivity contribution < 1.29 is 37.4 Å². The Kier molecular flexibility index (Phi) is 9.16. The fourth-order valence-electron chi connectivity index (χ4n) is 4.36. The molecule has 0 unspecified atom stereocenters. The summed E-state index contributed by atoms with van der Waals surface area (Å²) in [5.41, 5.74) is 0.506. The minimum absolute atomic E-state index is 0.0193. The van der Waals surface area contributed by atoms with Gasteiger partial charge in [-0.15, -0.1) is 0 Å². The van der Waals surface area contributed by atoms with E-state index in [1.54, 1.807) is 24.3 Å². The first kappa shape index (κ1) is 27.6. The summed E-state index contributed by atoms with van der Waals surface area (Å²) in [5, 5.41) is 5.37. The van der Waals surface area contributed by atoms with Crippen LogP contribution >= 0.6 is 0 Å². The summed E-state index contributed by atoms with van der Waals surface area (Å²) in [4.78, 5) is 41.0. The maximum absolute atomic E-state index is 14.4. The van der Waals surface area contributed by atoms with E-state index < -0.39 is 36.1 Å². The van der Waals surface area contributed by atoms with Crippen molar-refractivity contribution in [2.75, 3.05) is 38.8 Å². The molecule has 0 bridgehead atoms. The second-order valence-electron chi connectivity index (χ2n) is 8.80. The normalized spacial score (nSPS) is 15.3. The van der Waals surface area contributed by atoms with Gasteiger partial charge in [-0.25, -0.2) is 4.39 Å². The summed E-state index contributed by atoms with van der Waals surface area (Å²) < 4.78 is 35.8. The fourth-order valence-corrected chi connectivity index (χ4v) is 4.36. The molecule has 2 aromatic carbocycles. The molecule has 10 nitrogen and oxygen atoms in total. The Hall–Kier alpha value is -4.38. The number of amides is 3. The zero-order chi connectivity index (χ0) is 27.8. The molecule has 1 saturated heterocycles. The molecule has 3 aromatic rings. The molecule has 3 amide bonds. The van der Waals surface area contributed by atoms with Gasteiger partial charge in [0, 0.05) is 18.8 Å². The highest BCUT2D eigenvalue weighted by molar-refractivity contribution is 6.04. The average Bonchev–Trinajstić information content (AvgIpc) is 3.68. The van der Waals surface area contributed by atoms with Crippen molar-refractivity contribution in [3.63, 3.8) is 0 Å². The number of ether oxygens (including phenoxy) is 3. The molecule has 1 aliphatic heterocycles. The Balaban J connectivity index is 1.71. The third kappa shape index (κ3) is 6.74. The molecule has 39 heavy (non-hydrogen) atoms. The molecule has 0 aliphatic carbocycles. The summed E-state index contributed by atoms with van der Waals surface area (Å²) in [6.07, 6.45) is 2.88. The van der Waals surface area contributed by atoms with Gasteiger partial charge in [-0.2, -0.15) is 0 Å². The quantitative estimate of drug-likeness (QED) is 0.384. The smallest absolute Gasteiger partial charge is 0.287 e. The second kappa shape index (κ2) is 12.9. The molecule has 4 rings (SSSR count). The van der Waals surface area contributed by atoms with Gasteiger partial charge < -0.3 is 29.3 Å². The number of furan rings is 1. The number of benzene rings is 2. The lowest BCUT2D eigenvalue weighted by Crippen LogP contribution is -2.48. The van der Waals surface area contributed by atoms with Crippen molar-refractivity contribution in [2.24, 2.45) is 0 Å². The Morgan fingerprint density at radius 3 is 2.54 bits per heavy atom. The predicted molar refractivity (Wildman–Crippen MR) is 139 cm³/mol. The van der Waals surface area contributed by atoms with E-state index in [2.05, 4.69) is 10.6 Å². The van der Waals surface area contributed by atoms with E-state index in [0.717, 1.165) is 23.8 Å². The zero-order valence-corrected chi connectivity index (χ0v) is 21.6. The van der Waals surface area contributed by atoms with Crippen LogP contribution < -0.4 is 25.0 Å². The van der Waals surface area contributed by atoms with Gasteiger partial charge in [-0.3, -0.25) is 19.3 Å². The lowest BCUT2D eigenvalue weighted by atomic mass is 10.0. The number of nitrogens with zero attached hydrogens (tertiary/aromatic N) is 1. The SMILES string of the molecule is COc1ccc([C@H](C(=O)NC[C@H]2CCCO2)N(C(=O)CNC(=O)c2ccco2)c2cccc(F)c2)cc1OC. The minimum atomic E-state index is -1.25. The molecule has 206 valence electrons. The number of nitrogens with one attached hydrogen (secondary N) is 2. The largest absolute Gasteiger partial charge is 0.493 e. The van der Waals surface area contributed by atoms with Crippen molar-refractivity contribution in [1.82, 2.24) is 10.6 Å². The number of anilines is 1. The molecule has 0 saturated carbocycles. The lowest BCUT2D eigenvalue weighted by molar-refractivity contribution is -0.126. The molecule has 1 fully saturated rings. The average molecular weight is 540 g/mol. The molecule has 1 aromatic heterocycles. The Morgan fingerprint density at radius 2 is 1.87 bits per heavy atom. The molecular formula is C28H30FN3O7. The highest BCUT2D eigenvalue weighted by atomic mass is 19.1. The number of methoxy groups -OCH3 is 2. The van der Waals surface area contributed by atoms with Crippen molar-refractivity contribution in [1.29, 1.82) is 0 Å². The van der Waals surface area contributed by atoms with Crippen LogP contribution in [0.5, 0.6) is 11.5 Å². The molecule has 2 N–H and O–H groups in total. The first-order valence-corrected chi connectivity index (χ1v) is 12.4. The van der Waals surface area contributed by atoms with E-state index in [-0.39, 0.29) is 24.1 Å². The molecule has 11 heteroatoms. The summed E-state index contributed by atoms with van der Waals surface area (Å²) in [6.45, 7) is 0.366. The van der Waals surface area contributed by atoms with Crippen LogP contribution in [0.25, 0.3) is 0 Å². The number of carbonyl (C=O) groups excluding carboxylic acids is 3. The first-order valence-electron chi connectivity index (χ1n) is 12.4. The summed E-state index contributed by atoms with van der Waals surface area (Å²) in [7, 11) is 2.93. The second-order valence-corrected chi connectivity index (χ2v) is 8.80. The van der Waals surface area contributed by atoms with Gasteiger partial charge in [0.2, 0.25) is 11.8 Å². The minimum Gasteiger partial charge on any atom is -0.493 e. The molecule has 2 atom stereocenters. The molecule has 0 radical (unpaired) electrons. The molecule has 1 aliphatic rings. The fraction of sp³-hybridized carbons (Fsp3) is 0.321. The molecule has 2 heterocycles. The van der Waals surface area contributed by atoms with Crippen LogP contribution in [0.2, 0.25) is 0 Å². The number of hydrogen-bond acceptors (Lipinski definition) is 7. The highest BCUT2D eigenvalue weighted by Gasteiger charge is 2.34. The number of halogens is 1. The monoisotopic (exact) mass is 539 g/mol.